The van der Waals surface area contributed by atoms with Crippen molar-refractivity contribution in [1.82, 2.24) is 9.80 Å². The van der Waals surface area contributed by atoms with Crippen LogP contribution in [0.25, 0.3) is 0 Å². The van der Waals surface area contributed by atoms with Crippen molar-refractivity contribution in [3.63, 3.8) is 0 Å². The van der Waals surface area contributed by atoms with Crippen molar-refractivity contribution >= 4 is 46.4 Å². The lowest BCUT2D eigenvalue weighted by Crippen LogP contribution is -2.35. The number of nitrogens with zero attached hydrogens (tertiary/aromatic N) is 2. The lowest BCUT2D eigenvalue weighted by atomic mass is 10.1. The maximum absolute atomic E-state index is 2.66. The smallest absolute Gasteiger partial charge is 0.0250 e. The molecule has 2 unspecified atom stereocenters. The van der Waals surface area contributed by atoms with Crippen LogP contribution in [0.1, 0.15) is 52.4 Å². The van der Waals surface area contributed by atoms with Crippen molar-refractivity contribution in [2.24, 2.45) is 0 Å². The van der Waals surface area contributed by atoms with Crippen LogP contribution < -0.4 is 0 Å². The second-order valence-corrected chi connectivity index (χ2v) is 9.69. The Morgan fingerprint density at radius 1 is 0.636 bits per heavy atom. The standard InChI is InChI=1S/C16H32N2S2.2ClH/c1-15(13-17-9-5-3-6-10-17)19-20-16(2)14-18-11-7-4-8-12-18;;/h15-16H,3-14H2,1-2H3;2*1H. The predicted molar refractivity (Wildman–Crippen MR) is 109 cm³/mol. The molecule has 6 heteroatoms. The third kappa shape index (κ3) is 9.48. The summed E-state index contributed by atoms with van der Waals surface area (Å²) in [4.78, 5) is 5.33. The van der Waals surface area contributed by atoms with E-state index >= 15 is 0 Å². The van der Waals surface area contributed by atoms with Gasteiger partial charge in [-0.25, -0.2) is 0 Å². The summed E-state index contributed by atoms with van der Waals surface area (Å²) in [6, 6.07) is 0. The largest absolute Gasteiger partial charge is 0.302 e. The van der Waals surface area contributed by atoms with Crippen LogP contribution in [0.5, 0.6) is 0 Å². The molecule has 2 aliphatic heterocycles. The van der Waals surface area contributed by atoms with Gasteiger partial charge in [0.05, 0.1) is 0 Å². The summed E-state index contributed by atoms with van der Waals surface area (Å²) in [6.07, 6.45) is 8.54. The van der Waals surface area contributed by atoms with Crippen LogP contribution in [0.15, 0.2) is 0 Å². The van der Waals surface area contributed by atoms with Gasteiger partial charge in [0, 0.05) is 23.6 Å². The number of hydrogen-bond donors (Lipinski definition) is 0. The van der Waals surface area contributed by atoms with Gasteiger partial charge in [-0.3, -0.25) is 0 Å². The van der Waals surface area contributed by atoms with Crippen molar-refractivity contribution in [2.45, 2.75) is 62.9 Å². The molecule has 0 bridgehead atoms. The van der Waals surface area contributed by atoms with E-state index in [9.17, 15) is 0 Å². The van der Waals surface area contributed by atoms with Crippen molar-refractivity contribution in [1.29, 1.82) is 0 Å². The number of likely N-dealkylation sites (tertiary alicyclic amines) is 2. The van der Waals surface area contributed by atoms with Gasteiger partial charge in [0.2, 0.25) is 0 Å². The summed E-state index contributed by atoms with van der Waals surface area (Å²) in [5.74, 6) is 0. The van der Waals surface area contributed by atoms with Crippen molar-refractivity contribution in [2.75, 3.05) is 39.3 Å². The van der Waals surface area contributed by atoms with E-state index in [-0.39, 0.29) is 24.8 Å². The number of piperidine rings is 2. The minimum atomic E-state index is 0. The van der Waals surface area contributed by atoms with Crippen LogP contribution in [0.3, 0.4) is 0 Å². The van der Waals surface area contributed by atoms with Crippen LogP contribution in [0.2, 0.25) is 0 Å². The molecule has 0 amide bonds. The summed E-state index contributed by atoms with van der Waals surface area (Å²) < 4.78 is 0. The quantitative estimate of drug-likeness (QED) is 0.568. The highest BCUT2D eigenvalue weighted by Gasteiger charge is 2.17. The van der Waals surface area contributed by atoms with Crippen LogP contribution in [0.4, 0.5) is 0 Å². The van der Waals surface area contributed by atoms with Crippen molar-refractivity contribution in [3.8, 4) is 0 Å². The molecule has 0 spiro atoms. The Labute approximate surface area is 158 Å². The highest BCUT2D eigenvalue weighted by Crippen LogP contribution is 2.32. The summed E-state index contributed by atoms with van der Waals surface area (Å²) in [5, 5.41) is 1.53. The number of halogens is 2. The Morgan fingerprint density at radius 2 is 0.955 bits per heavy atom. The molecule has 2 saturated heterocycles. The Hall–Kier alpha value is 1.20. The normalized spacial score (nSPS) is 23.2. The van der Waals surface area contributed by atoms with Crippen LogP contribution >= 0.6 is 46.4 Å². The molecule has 2 aliphatic rings. The fourth-order valence-electron chi connectivity index (χ4n) is 3.26. The third-order valence-electron chi connectivity index (χ3n) is 4.31. The molecular formula is C16H34Cl2N2S2. The van der Waals surface area contributed by atoms with E-state index in [0.29, 0.717) is 0 Å². The van der Waals surface area contributed by atoms with Gasteiger partial charge in [-0.1, -0.05) is 48.3 Å². The SMILES string of the molecule is CC(CN1CCCCC1)SSC(C)CN1CCCCC1.Cl.Cl. The molecule has 134 valence electrons. The summed E-state index contributed by atoms with van der Waals surface area (Å²) in [5.41, 5.74) is 0. The molecule has 0 aromatic heterocycles. The molecule has 2 nitrogen and oxygen atoms in total. The maximum Gasteiger partial charge on any atom is 0.0250 e. The first-order valence-electron chi connectivity index (χ1n) is 8.51. The van der Waals surface area contributed by atoms with Gasteiger partial charge in [-0.15, -0.1) is 24.8 Å². The molecule has 0 N–H and O–H groups in total. The Bertz CT molecular complexity index is 235. The van der Waals surface area contributed by atoms with Gasteiger partial charge in [0.25, 0.3) is 0 Å². The van der Waals surface area contributed by atoms with Crippen molar-refractivity contribution < 1.29 is 0 Å². The average Bonchev–Trinajstić information content (AvgIpc) is 2.47. The van der Waals surface area contributed by atoms with Gasteiger partial charge in [-0.05, 0) is 51.9 Å². The van der Waals surface area contributed by atoms with Gasteiger partial charge in [0.1, 0.15) is 0 Å². The molecule has 0 aromatic carbocycles. The lowest BCUT2D eigenvalue weighted by Gasteiger charge is -2.30. The zero-order valence-electron chi connectivity index (χ0n) is 14.2. The van der Waals surface area contributed by atoms with E-state index < -0.39 is 0 Å². The Kier molecular flexibility index (Phi) is 14.2. The van der Waals surface area contributed by atoms with Crippen LogP contribution in [0, 0.1) is 0 Å². The van der Waals surface area contributed by atoms with Gasteiger partial charge in [-0.2, -0.15) is 0 Å². The van der Waals surface area contributed by atoms with E-state index in [4.69, 9.17) is 0 Å². The monoisotopic (exact) mass is 388 g/mol. The fourth-order valence-corrected chi connectivity index (χ4v) is 5.69. The molecule has 22 heavy (non-hydrogen) atoms. The first kappa shape index (κ1) is 23.2. The summed E-state index contributed by atoms with van der Waals surface area (Å²) >= 11 is 0. The topological polar surface area (TPSA) is 6.48 Å². The molecule has 2 rings (SSSR count). The van der Waals surface area contributed by atoms with E-state index in [1.165, 1.54) is 77.8 Å². The minimum absolute atomic E-state index is 0. The average molecular weight is 390 g/mol. The molecule has 0 radical (unpaired) electrons. The molecule has 2 fully saturated rings. The van der Waals surface area contributed by atoms with Gasteiger partial charge >= 0.3 is 0 Å². The Morgan fingerprint density at radius 3 is 1.27 bits per heavy atom. The first-order valence-corrected chi connectivity index (χ1v) is 10.8. The van der Waals surface area contributed by atoms with E-state index in [1.54, 1.807) is 0 Å². The maximum atomic E-state index is 2.66. The van der Waals surface area contributed by atoms with Gasteiger partial charge in [0.15, 0.2) is 0 Å². The second kappa shape index (κ2) is 13.5. The lowest BCUT2D eigenvalue weighted by molar-refractivity contribution is 0.231. The Balaban J connectivity index is 0.00000220. The zero-order valence-corrected chi connectivity index (χ0v) is 17.4. The molecule has 0 saturated carbocycles. The third-order valence-corrected chi connectivity index (χ3v) is 7.68. The molecule has 2 atom stereocenters. The first-order chi connectivity index (χ1) is 9.74. The molecule has 0 aliphatic carbocycles. The van der Waals surface area contributed by atoms with E-state index in [1.807, 2.05) is 0 Å². The highest BCUT2D eigenvalue weighted by molar-refractivity contribution is 8.77. The zero-order chi connectivity index (χ0) is 14.2. The predicted octanol–water partition coefficient (Wildman–Crippen LogP) is 4.96. The highest BCUT2D eigenvalue weighted by atomic mass is 35.5. The second-order valence-electron chi connectivity index (χ2n) is 6.54. The van der Waals surface area contributed by atoms with Gasteiger partial charge < -0.3 is 9.80 Å². The summed E-state index contributed by atoms with van der Waals surface area (Å²) in [6.45, 7) is 12.7. The number of rotatable bonds is 7. The summed E-state index contributed by atoms with van der Waals surface area (Å²) in [7, 11) is 4.23. The van der Waals surface area contributed by atoms with Crippen molar-refractivity contribution in [3.05, 3.63) is 0 Å². The minimum Gasteiger partial charge on any atom is -0.302 e. The molecular weight excluding hydrogens is 355 g/mol. The van der Waals surface area contributed by atoms with Crippen LogP contribution in [-0.2, 0) is 0 Å². The molecule has 2 heterocycles. The molecule has 0 aromatic rings. The van der Waals surface area contributed by atoms with E-state index in [2.05, 4.69) is 45.2 Å². The number of hydrogen-bond acceptors (Lipinski definition) is 4. The van der Waals surface area contributed by atoms with E-state index in [0.717, 1.165) is 10.5 Å². The fraction of sp³-hybridized carbons (Fsp3) is 1.00. The van der Waals surface area contributed by atoms with Crippen LogP contribution in [-0.4, -0.2) is 59.6 Å².